The zero-order valence-corrected chi connectivity index (χ0v) is 31.2. The van der Waals surface area contributed by atoms with Crippen LogP contribution in [0.5, 0.6) is 0 Å². The number of unbranched alkanes of at least 4 members (excludes halogenated alkanes) is 32. The summed E-state index contributed by atoms with van der Waals surface area (Å²) < 4.78 is 5.88. The second-order valence-electron chi connectivity index (χ2n) is 13.9. The molecule has 0 aliphatic carbocycles. The maximum absolute atomic E-state index is 8.17. The molecule has 0 aromatic heterocycles. The highest BCUT2D eigenvalue weighted by Gasteiger charge is 1.97. The van der Waals surface area contributed by atoms with Crippen molar-refractivity contribution < 1.29 is 20.1 Å². The zero-order chi connectivity index (χ0) is 33.2. The van der Waals surface area contributed by atoms with Gasteiger partial charge in [-0.1, -0.05) is 219 Å². The van der Waals surface area contributed by atoms with Crippen LogP contribution in [0.1, 0.15) is 232 Å². The fourth-order valence-corrected chi connectivity index (χ4v) is 6.02. The van der Waals surface area contributed by atoms with E-state index in [9.17, 15) is 0 Å². The van der Waals surface area contributed by atoms with E-state index in [2.05, 4.69) is 13.8 Å². The van der Waals surface area contributed by atoms with Crippen molar-refractivity contribution in [2.45, 2.75) is 238 Å². The minimum atomic E-state index is -0.954. The van der Waals surface area contributed by atoms with Crippen LogP contribution >= 0.6 is 0 Å². The van der Waals surface area contributed by atoms with E-state index in [-0.39, 0.29) is 13.2 Å². The van der Waals surface area contributed by atoms with Crippen molar-refractivity contribution in [3.63, 3.8) is 0 Å². The predicted octanol–water partition coefficient (Wildman–Crippen LogP) is 12.6. The quantitative estimate of drug-likeness (QED) is 0.0586. The van der Waals surface area contributed by atoms with Crippen LogP contribution in [0.4, 0.5) is 0 Å². The zero-order valence-electron chi connectivity index (χ0n) is 31.2. The Labute approximate surface area is 284 Å². The smallest absolute Gasteiger partial charge is 0.100 e. The molecular formula is C41H86O4. The number of ether oxygens (including phenoxy) is 1. The van der Waals surface area contributed by atoms with E-state index in [1.54, 1.807) is 0 Å². The summed E-state index contributed by atoms with van der Waals surface area (Å²) >= 11 is 0. The molecule has 0 spiro atoms. The third-order valence-corrected chi connectivity index (χ3v) is 9.21. The van der Waals surface area contributed by atoms with Crippen LogP contribution in [0.25, 0.3) is 0 Å². The SMILES string of the molecule is CCCCCCCCCCCCCCCCCCCOCCCCCCCCCCCCCCCCCCC.OCC(O)CO. The molecule has 0 aromatic rings. The first-order chi connectivity index (χ1) is 22.2. The summed E-state index contributed by atoms with van der Waals surface area (Å²) in [5, 5.41) is 24.0. The van der Waals surface area contributed by atoms with Gasteiger partial charge in [-0.15, -0.1) is 0 Å². The Morgan fingerprint density at radius 3 is 0.644 bits per heavy atom. The lowest BCUT2D eigenvalue weighted by Crippen LogP contribution is -2.15. The van der Waals surface area contributed by atoms with E-state index < -0.39 is 6.10 Å². The predicted molar refractivity (Wildman–Crippen MR) is 199 cm³/mol. The van der Waals surface area contributed by atoms with E-state index in [4.69, 9.17) is 20.1 Å². The molecular weight excluding hydrogens is 556 g/mol. The maximum Gasteiger partial charge on any atom is 0.100 e. The Morgan fingerprint density at radius 2 is 0.489 bits per heavy atom. The summed E-state index contributed by atoms with van der Waals surface area (Å²) in [6, 6.07) is 0. The van der Waals surface area contributed by atoms with E-state index in [0.717, 1.165) is 13.2 Å². The molecule has 4 nitrogen and oxygen atoms in total. The third-order valence-electron chi connectivity index (χ3n) is 9.21. The fourth-order valence-electron chi connectivity index (χ4n) is 6.02. The summed E-state index contributed by atoms with van der Waals surface area (Å²) in [6.07, 6.45) is 48.1. The van der Waals surface area contributed by atoms with Gasteiger partial charge in [0.2, 0.25) is 0 Å². The molecule has 4 heteroatoms. The van der Waals surface area contributed by atoms with Crippen molar-refractivity contribution in [2.75, 3.05) is 26.4 Å². The molecule has 0 aromatic carbocycles. The molecule has 274 valence electrons. The molecule has 0 rings (SSSR count). The number of hydrogen-bond acceptors (Lipinski definition) is 4. The van der Waals surface area contributed by atoms with Crippen molar-refractivity contribution in [2.24, 2.45) is 0 Å². The first kappa shape index (κ1) is 47.0. The van der Waals surface area contributed by atoms with Crippen LogP contribution < -0.4 is 0 Å². The Morgan fingerprint density at radius 1 is 0.311 bits per heavy atom. The maximum atomic E-state index is 8.17. The lowest BCUT2D eigenvalue weighted by molar-refractivity contribution is 0.0450. The summed E-state index contributed by atoms with van der Waals surface area (Å²) in [6.45, 7) is 5.87. The van der Waals surface area contributed by atoms with Gasteiger partial charge in [0.1, 0.15) is 6.10 Å². The lowest BCUT2D eigenvalue weighted by atomic mass is 10.0. The molecule has 0 radical (unpaired) electrons. The Balaban J connectivity index is 0. The normalized spacial score (nSPS) is 11.3. The van der Waals surface area contributed by atoms with Crippen molar-refractivity contribution in [3.05, 3.63) is 0 Å². The number of aliphatic hydroxyl groups excluding tert-OH is 3. The van der Waals surface area contributed by atoms with Gasteiger partial charge in [-0.2, -0.15) is 0 Å². The number of aliphatic hydroxyl groups is 3. The molecule has 0 atom stereocenters. The van der Waals surface area contributed by atoms with E-state index >= 15 is 0 Å². The fraction of sp³-hybridized carbons (Fsp3) is 1.00. The van der Waals surface area contributed by atoms with Crippen molar-refractivity contribution in [1.82, 2.24) is 0 Å². The van der Waals surface area contributed by atoms with Gasteiger partial charge >= 0.3 is 0 Å². The first-order valence-corrected chi connectivity index (χ1v) is 20.7. The Hall–Kier alpha value is -0.160. The molecule has 0 heterocycles. The first-order valence-electron chi connectivity index (χ1n) is 20.7. The van der Waals surface area contributed by atoms with E-state index in [1.807, 2.05) is 0 Å². The van der Waals surface area contributed by atoms with Gasteiger partial charge in [0, 0.05) is 13.2 Å². The van der Waals surface area contributed by atoms with Crippen molar-refractivity contribution in [3.8, 4) is 0 Å². The average molecular weight is 643 g/mol. The van der Waals surface area contributed by atoms with Crippen LogP contribution in [0.3, 0.4) is 0 Å². The van der Waals surface area contributed by atoms with Gasteiger partial charge < -0.3 is 20.1 Å². The largest absolute Gasteiger partial charge is 0.394 e. The van der Waals surface area contributed by atoms with Crippen LogP contribution in [-0.2, 0) is 4.74 Å². The van der Waals surface area contributed by atoms with Gasteiger partial charge in [-0.25, -0.2) is 0 Å². The van der Waals surface area contributed by atoms with Crippen LogP contribution in [-0.4, -0.2) is 47.9 Å². The minimum Gasteiger partial charge on any atom is -0.394 e. The highest BCUT2D eigenvalue weighted by molar-refractivity contribution is 4.52. The van der Waals surface area contributed by atoms with Gasteiger partial charge in [-0.3, -0.25) is 0 Å². The third kappa shape index (κ3) is 48.4. The minimum absolute atomic E-state index is 0.365. The van der Waals surface area contributed by atoms with Crippen LogP contribution in [0.15, 0.2) is 0 Å². The molecule has 0 aliphatic heterocycles. The second kappa shape index (κ2) is 46.0. The second-order valence-corrected chi connectivity index (χ2v) is 13.9. The number of rotatable bonds is 38. The molecule has 0 amide bonds. The Bertz CT molecular complexity index is 432. The van der Waals surface area contributed by atoms with E-state index in [0.29, 0.717) is 0 Å². The Kier molecular flexibility index (Phi) is 48.0. The molecule has 0 aliphatic rings. The summed E-state index contributed by atoms with van der Waals surface area (Å²) in [5.74, 6) is 0. The van der Waals surface area contributed by atoms with Crippen molar-refractivity contribution in [1.29, 1.82) is 0 Å². The molecule has 45 heavy (non-hydrogen) atoms. The standard InChI is InChI=1S/C38H78O.C3H8O3/c1-3-5-7-9-11-13-15-17-19-21-23-25-27-29-31-33-35-37-39-38-36-34-32-30-28-26-24-22-20-18-16-14-12-10-8-6-4-2;4-1-3(6)2-5/h3-38H2,1-2H3;3-6H,1-2H2. The number of hydrogen-bond donors (Lipinski definition) is 3. The summed E-state index contributed by atoms with van der Waals surface area (Å²) in [4.78, 5) is 0. The van der Waals surface area contributed by atoms with Gasteiger partial charge in [0.15, 0.2) is 0 Å². The summed E-state index contributed by atoms with van der Waals surface area (Å²) in [7, 11) is 0. The highest BCUT2D eigenvalue weighted by atomic mass is 16.5. The van der Waals surface area contributed by atoms with E-state index in [1.165, 1.54) is 218 Å². The molecule has 3 N–H and O–H groups in total. The molecule has 0 bridgehead atoms. The molecule has 0 saturated heterocycles. The average Bonchev–Trinajstić information content (AvgIpc) is 3.06. The lowest BCUT2D eigenvalue weighted by Gasteiger charge is -2.06. The van der Waals surface area contributed by atoms with Crippen LogP contribution in [0, 0.1) is 0 Å². The monoisotopic (exact) mass is 643 g/mol. The molecule has 0 saturated carbocycles. The molecule has 0 unspecified atom stereocenters. The van der Waals surface area contributed by atoms with Crippen LogP contribution in [0.2, 0.25) is 0 Å². The summed E-state index contributed by atoms with van der Waals surface area (Å²) in [5.41, 5.74) is 0. The van der Waals surface area contributed by atoms with Gasteiger partial charge in [0.05, 0.1) is 13.2 Å². The van der Waals surface area contributed by atoms with Gasteiger partial charge in [-0.05, 0) is 12.8 Å². The van der Waals surface area contributed by atoms with Crippen molar-refractivity contribution >= 4 is 0 Å². The van der Waals surface area contributed by atoms with Gasteiger partial charge in [0.25, 0.3) is 0 Å². The molecule has 0 fully saturated rings. The topological polar surface area (TPSA) is 69.9 Å². The highest BCUT2D eigenvalue weighted by Crippen LogP contribution is 2.15.